The van der Waals surface area contributed by atoms with Gasteiger partial charge in [-0.3, -0.25) is 9.59 Å². The highest BCUT2D eigenvalue weighted by atomic mass is 19.3. The zero-order chi connectivity index (χ0) is 14.5. The second-order valence-electron chi connectivity index (χ2n) is 4.61. The van der Waals surface area contributed by atoms with Crippen LogP contribution in [0, 0.1) is 5.92 Å². The molecule has 0 N–H and O–H groups in total. The summed E-state index contributed by atoms with van der Waals surface area (Å²) in [7, 11) is 0. The molecule has 1 fully saturated rings. The van der Waals surface area contributed by atoms with Gasteiger partial charge in [-0.1, -0.05) is 6.08 Å². The number of esters is 1. The number of alkyl halides is 2. The Hall–Kier alpha value is -1.46. The molecular weight excluding hydrogens is 256 g/mol. The van der Waals surface area contributed by atoms with Crippen LogP contribution in [0.4, 0.5) is 8.78 Å². The predicted molar refractivity (Wildman–Crippen MR) is 65.7 cm³/mol. The number of rotatable bonds is 6. The smallest absolute Gasteiger partial charge is 0.325 e. The first kappa shape index (κ1) is 15.6. The third-order valence-corrected chi connectivity index (χ3v) is 3.04. The van der Waals surface area contributed by atoms with Gasteiger partial charge in [0.15, 0.2) is 0 Å². The Balaban J connectivity index is 2.63. The third-order valence-electron chi connectivity index (χ3n) is 3.04. The van der Waals surface area contributed by atoms with Crippen LogP contribution in [0.2, 0.25) is 0 Å². The molecule has 0 aromatic carbocycles. The highest BCUT2D eigenvalue weighted by Gasteiger charge is 2.43. The SMILES string of the molecule is C=CCN(CC(=O)OCC)C(=O)C1CCC(F)(F)C1. The average Bonchev–Trinajstić information content (AvgIpc) is 2.68. The van der Waals surface area contributed by atoms with Crippen LogP contribution < -0.4 is 0 Å². The van der Waals surface area contributed by atoms with Crippen LogP contribution in [0.15, 0.2) is 12.7 Å². The zero-order valence-electron chi connectivity index (χ0n) is 11.0. The minimum absolute atomic E-state index is 0.152. The molecule has 0 bridgehead atoms. The zero-order valence-corrected chi connectivity index (χ0v) is 11.0. The van der Waals surface area contributed by atoms with Crippen LogP contribution in [0.1, 0.15) is 26.2 Å². The van der Waals surface area contributed by atoms with Gasteiger partial charge < -0.3 is 9.64 Å². The first-order valence-corrected chi connectivity index (χ1v) is 6.32. The Morgan fingerprint density at radius 3 is 2.68 bits per heavy atom. The molecule has 108 valence electrons. The van der Waals surface area contributed by atoms with Crippen molar-refractivity contribution in [2.75, 3.05) is 19.7 Å². The van der Waals surface area contributed by atoms with Crippen LogP contribution in [-0.4, -0.2) is 42.4 Å². The van der Waals surface area contributed by atoms with E-state index in [2.05, 4.69) is 6.58 Å². The second-order valence-corrected chi connectivity index (χ2v) is 4.61. The summed E-state index contributed by atoms with van der Waals surface area (Å²) in [6.07, 6.45) is 0.902. The minimum Gasteiger partial charge on any atom is -0.465 e. The van der Waals surface area contributed by atoms with Gasteiger partial charge in [0.05, 0.1) is 6.61 Å². The van der Waals surface area contributed by atoms with Gasteiger partial charge in [-0.25, -0.2) is 8.78 Å². The van der Waals surface area contributed by atoms with Crippen molar-refractivity contribution in [1.82, 2.24) is 4.90 Å². The van der Waals surface area contributed by atoms with E-state index in [0.717, 1.165) is 0 Å². The van der Waals surface area contributed by atoms with Crippen LogP contribution in [0.3, 0.4) is 0 Å². The normalized spacial score (nSPS) is 20.9. The van der Waals surface area contributed by atoms with Gasteiger partial charge in [-0.05, 0) is 13.3 Å². The molecule has 6 heteroatoms. The number of ether oxygens (including phenoxy) is 1. The Bertz CT molecular complexity index is 358. The van der Waals surface area contributed by atoms with E-state index in [1.807, 2.05) is 0 Å². The number of nitrogens with zero attached hydrogens (tertiary/aromatic N) is 1. The summed E-state index contributed by atoms with van der Waals surface area (Å²) in [5.74, 6) is -4.46. The van der Waals surface area contributed by atoms with Gasteiger partial charge >= 0.3 is 5.97 Å². The number of carbonyl (C=O) groups is 2. The lowest BCUT2D eigenvalue weighted by Crippen LogP contribution is -2.40. The maximum atomic E-state index is 13.1. The standard InChI is InChI=1S/C13H19F2NO3/c1-3-7-16(9-11(17)19-4-2)12(18)10-5-6-13(14,15)8-10/h3,10H,1,4-9H2,2H3. The molecule has 1 aliphatic carbocycles. The van der Waals surface area contributed by atoms with E-state index in [1.54, 1.807) is 6.92 Å². The molecule has 1 saturated carbocycles. The lowest BCUT2D eigenvalue weighted by molar-refractivity contribution is -0.150. The minimum atomic E-state index is -2.77. The number of hydrogen-bond donors (Lipinski definition) is 0. The highest BCUT2D eigenvalue weighted by Crippen LogP contribution is 2.39. The summed E-state index contributed by atoms with van der Waals surface area (Å²) in [5.41, 5.74) is 0. The van der Waals surface area contributed by atoms with Crippen molar-refractivity contribution in [3.63, 3.8) is 0 Å². The van der Waals surface area contributed by atoms with Gasteiger partial charge in [0.25, 0.3) is 0 Å². The molecule has 0 spiro atoms. The molecule has 0 aliphatic heterocycles. The monoisotopic (exact) mass is 275 g/mol. The van der Waals surface area contributed by atoms with Gasteiger partial charge in [-0.15, -0.1) is 6.58 Å². The van der Waals surface area contributed by atoms with E-state index in [-0.39, 0.29) is 32.5 Å². The van der Waals surface area contributed by atoms with Crippen molar-refractivity contribution in [1.29, 1.82) is 0 Å². The summed E-state index contributed by atoms with van der Waals surface area (Å²) < 4.78 is 31.0. The lowest BCUT2D eigenvalue weighted by atomic mass is 10.1. The first-order chi connectivity index (χ1) is 8.89. The van der Waals surface area contributed by atoms with Crippen molar-refractivity contribution >= 4 is 11.9 Å². The quantitative estimate of drug-likeness (QED) is 0.550. The topological polar surface area (TPSA) is 46.6 Å². The summed E-state index contributed by atoms with van der Waals surface area (Å²) in [4.78, 5) is 24.7. The molecule has 0 aromatic rings. The van der Waals surface area contributed by atoms with Crippen molar-refractivity contribution < 1.29 is 23.1 Å². The van der Waals surface area contributed by atoms with Crippen LogP contribution in [0.5, 0.6) is 0 Å². The molecule has 0 aromatic heterocycles. The van der Waals surface area contributed by atoms with Crippen molar-refractivity contribution in [2.24, 2.45) is 5.92 Å². The number of hydrogen-bond acceptors (Lipinski definition) is 3. The van der Waals surface area contributed by atoms with E-state index in [9.17, 15) is 18.4 Å². The lowest BCUT2D eigenvalue weighted by Gasteiger charge is -2.23. The molecule has 1 unspecified atom stereocenters. The Labute approximate surface area is 111 Å². The van der Waals surface area contributed by atoms with Crippen LogP contribution in [-0.2, 0) is 14.3 Å². The summed E-state index contributed by atoms with van der Waals surface area (Å²) in [5, 5.41) is 0. The number of carbonyl (C=O) groups excluding carboxylic acids is 2. The maximum absolute atomic E-state index is 13.1. The molecule has 0 saturated heterocycles. The largest absolute Gasteiger partial charge is 0.465 e. The van der Waals surface area contributed by atoms with Crippen molar-refractivity contribution in [3.8, 4) is 0 Å². The fourth-order valence-corrected chi connectivity index (χ4v) is 2.17. The summed E-state index contributed by atoms with van der Waals surface area (Å²) in [6, 6.07) is 0. The molecule has 1 atom stereocenters. The summed E-state index contributed by atoms with van der Waals surface area (Å²) in [6.45, 7) is 5.31. The van der Waals surface area contributed by atoms with Crippen LogP contribution in [0.25, 0.3) is 0 Å². The van der Waals surface area contributed by atoms with E-state index in [4.69, 9.17) is 4.74 Å². The third kappa shape index (κ3) is 4.61. The van der Waals surface area contributed by atoms with Crippen molar-refractivity contribution in [2.45, 2.75) is 32.1 Å². The van der Waals surface area contributed by atoms with Gasteiger partial charge in [0, 0.05) is 25.3 Å². The predicted octanol–water partition coefficient (Wildman–Crippen LogP) is 2.00. The van der Waals surface area contributed by atoms with Crippen LogP contribution >= 0.6 is 0 Å². The van der Waals surface area contributed by atoms with Crippen molar-refractivity contribution in [3.05, 3.63) is 12.7 Å². The summed E-state index contributed by atoms with van der Waals surface area (Å²) >= 11 is 0. The molecule has 4 nitrogen and oxygen atoms in total. The first-order valence-electron chi connectivity index (χ1n) is 6.32. The molecular formula is C13H19F2NO3. The van der Waals surface area contributed by atoms with Gasteiger partial charge in [-0.2, -0.15) is 0 Å². The van der Waals surface area contributed by atoms with E-state index >= 15 is 0 Å². The maximum Gasteiger partial charge on any atom is 0.325 e. The highest BCUT2D eigenvalue weighted by molar-refractivity contribution is 5.84. The average molecular weight is 275 g/mol. The Kier molecular flexibility index (Phi) is 5.44. The molecule has 1 aliphatic rings. The van der Waals surface area contributed by atoms with E-state index in [1.165, 1.54) is 11.0 Å². The number of amides is 1. The fourth-order valence-electron chi connectivity index (χ4n) is 2.17. The van der Waals surface area contributed by atoms with Gasteiger partial charge in [0.2, 0.25) is 11.8 Å². The molecule has 0 radical (unpaired) electrons. The van der Waals surface area contributed by atoms with Gasteiger partial charge in [0.1, 0.15) is 6.54 Å². The number of halogens is 2. The van der Waals surface area contributed by atoms with E-state index in [0.29, 0.717) is 0 Å². The molecule has 1 rings (SSSR count). The second kappa shape index (κ2) is 6.63. The Morgan fingerprint density at radius 2 is 2.21 bits per heavy atom. The molecule has 1 amide bonds. The molecule has 19 heavy (non-hydrogen) atoms. The fraction of sp³-hybridized carbons (Fsp3) is 0.692. The van der Waals surface area contributed by atoms with E-state index < -0.39 is 30.1 Å². The Morgan fingerprint density at radius 1 is 1.53 bits per heavy atom. The molecule has 0 heterocycles.